The molecule has 0 saturated heterocycles. The standard InChI is InChI=1S/C15H19N3O/c1-9-7-13(19-2)14(12-8-17-18-15(12)16)11-6-4-3-5-10(9)11/h7-8H,3-6H2,1-2H3,(H3,16,17,18). The molecule has 1 aromatic carbocycles. The fraction of sp³-hybridized carbons (Fsp3) is 0.400. The normalized spacial score (nSPS) is 14.2. The van der Waals surface area contributed by atoms with Gasteiger partial charge < -0.3 is 10.5 Å². The highest BCUT2D eigenvalue weighted by Crippen LogP contribution is 2.41. The second kappa shape index (κ2) is 4.61. The van der Waals surface area contributed by atoms with Crippen molar-refractivity contribution in [1.29, 1.82) is 0 Å². The first-order valence-electron chi connectivity index (χ1n) is 6.71. The highest BCUT2D eigenvalue weighted by atomic mass is 16.5. The van der Waals surface area contributed by atoms with Crippen LogP contribution in [0.15, 0.2) is 12.3 Å². The summed E-state index contributed by atoms with van der Waals surface area (Å²) in [6.07, 6.45) is 6.52. The molecule has 0 amide bonds. The first kappa shape index (κ1) is 12.1. The van der Waals surface area contributed by atoms with Gasteiger partial charge in [0.2, 0.25) is 0 Å². The van der Waals surface area contributed by atoms with Crippen molar-refractivity contribution in [2.75, 3.05) is 12.8 Å². The van der Waals surface area contributed by atoms with Gasteiger partial charge in [0.05, 0.1) is 13.3 Å². The van der Waals surface area contributed by atoms with E-state index in [0.717, 1.165) is 29.7 Å². The Morgan fingerprint density at radius 3 is 2.63 bits per heavy atom. The zero-order valence-corrected chi connectivity index (χ0v) is 11.4. The number of aryl methyl sites for hydroxylation is 1. The molecule has 100 valence electrons. The number of H-pyrrole nitrogens is 1. The number of nitrogens with one attached hydrogen (secondary N) is 1. The number of nitrogens with zero attached hydrogens (tertiary/aromatic N) is 1. The molecule has 4 nitrogen and oxygen atoms in total. The summed E-state index contributed by atoms with van der Waals surface area (Å²) in [6.45, 7) is 2.16. The predicted octanol–water partition coefficient (Wildman–Crippen LogP) is 2.85. The molecule has 1 aliphatic rings. The molecule has 0 spiro atoms. The van der Waals surface area contributed by atoms with Crippen LogP contribution < -0.4 is 10.5 Å². The summed E-state index contributed by atoms with van der Waals surface area (Å²) in [6, 6.07) is 2.12. The molecule has 3 N–H and O–H groups in total. The zero-order chi connectivity index (χ0) is 13.4. The van der Waals surface area contributed by atoms with Crippen LogP contribution in [-0.4, -0.2) is 17.3 Å². The third kappa shape index (κ3) is 1.87. The number of anilines is 1. The number of rotatable bonds is 2. The summed E-state index contributed by atoms with van der Waals surface area (Å²) >= 11 is 0. The number of aromatic nitrogens is 2. The minimum absolute atomic E-state index is 0.606. The minimum Gasteiger partial charge on any atom is -0.496 e. The van der Waals surface area contributed by atoms with Crippen molar-refractivity contribution < 1.29 is 4.74 Å². The van der Waals surface area contributed by atoms with E-state index in [1.807, 2.05) is 0 Å². The Balaban J connectivity index is 2.30. The van der Waals surface area contributed by atoms with Crippen LogP contribution in [0.2, 0.25) is 0 Å². The molecule has 0 atom stereocenters. The first-order chi connectivity index (χ1) is 9.22. The lowest BCUT2D eigenvalue weighted by molar-refractivity contribution is 0.415. The lowest BCUT2D eigenvalue weighted by atomic mass is 9.83. The second-order valence-corrected chi connectivity index (χ2v) is 5.13. The van der Waals surface area contributed by atoms with Crippen LogP contribution in [0, 0.1) is 6.92 Å². The van der Waals surface area contributed by atoms with Crippen LogP contribution in [-0.2, 0) is 12.8 Å². The van der Waals surface area contributed by atoms with E-state index < -0.39 is 0 Å². The van der Waals surface area contributed by atoms with Crippen LogP contribution in [0.5, 0.6) is 5.75 Å². The van der Waals surface area contributed by atoms with Gasteiger partial charge in [-0.05, 0) is 55.4 Å². The van der Waals surface area contributed by atoms with Gasteiger partial charge in [-0.15, -0.1) is 0 Å². The zero-order valence-electron chi connectivity index (χ0n) is 11.4. The van der Waals surface area contributed by atoms with Crippen molar-refractivity contribution in [2.45, 2.75) is 32.6 Å². The van der Waals surface area contributed by atoms with Gasteiger partial charge in [-0.1, -0.05) is 0 Å². The molecular formula is C15H19N3O. The van der Waals surface area contributed by atoms with Crippen molar-refractivity contribution in [3.63, 3.8) is 0 Å². The van der Waals surface area contributed by atoms with E-state index in [1.54, 1.807) is 13.3 Å². The fourth-order valence-corrected chi connectivity index (χ4v) is 3.07. The predicted molar refractivity (Wildman–Crippen MR) is 76.4 cm³/mol. The van der Waals surface area contributed by atoms with Crippen LogP contribution in [0.4, 0.5) is 5.82 Å². The molecule has 1 heterocycles. The maximum Gasteiger partial charge on any atom is 0.127 e. The van der Waals surface area contributed by atoms with Crippen molar-refractivity contribution in [3.8, 4) is 16.9 Å². The van der Waals surface area contributed by atoms with E-state index in [2.05, 4.69) is 23.2 Å². The van der Waals surface area contributed by atoms with E-state index >= 15 is 0 Å². The van der Waals surface area contributed by atoms with Gasteiger partial charge >= 0.3 is 0 Å². The lowest BCUT2D eigenvalue weighted by Crippen LogP contribution is -2.08. The number of hydrogen-bond acceptors (Lipinski definition) is 3. The Morgan fingerprint density at radius 2 is 2.00 bits per heavy atom. The number of benzene rings is 1. The monoisotopic (exact) mass is 257 g/mol. The summed E-state index contributed by atoms with van der Waals surface area (Å²) in [5.41, 5.74) is 12.2. The average Bonchev–Trinajstić information content (AvgIpc) is 2.85. The van der Waals surface area contributed by atoms with Gasteiger partial charge in [0.1, 0.15) is 11.6 Å². The number of nitrogen functional groups attached to an aromatic ring is 1. The number of nitrogens with two attached hydrogens (primary N) is 1. The lowest BCUT2D eigenvalue weighted by Gasteiger charge is -2.23. The number of ether oxygens (including phenoxy) is 1. The smallest absolute Gasteiger partial charge is 0.127 e. The van der Waals surface area contributed by atoms with E-state index in [4.69, 9.17) is 10.5 Å². The quantitative estimate of drug-likeness (QED) is 0.869. The van der Waals surface area contributed by atoms with Gasteiger partial charge in [-0.3, -0.25) is 5.10 Å². The average molecular weight is 257 g/mol. The number of hydrogen-bond donors (Lipinski definition) is 2. The molecule has 0 saturated carbocycles. The van der Waals surface area contributed by atoms with Gasteiger partial charge in [0.15, 0.2) is 0 Å². The molecule has 3 rings (SSSR count). The van der Waals surface area contributed by atoms with Gasteiger partial charge in [0.25, 0.3) is 0 Å². The molecule has 0 fully saturated rings. The molecule has 1 aromatic heterocycles. The Hall–Kier alpha value is -1.97. The molecule has 19 heavy (non-hydrogen) atoms. The van der Waals surface area contributed by atoms with Crippen molar-refractivity contribution >= 4 is 5.82 Å². The van der Waals surface area contributed by atoms with Gasteiger partial charge in [-0.2, -0.15) is 5.10 Å². The minimum atomic E-state index is 0.606. The topological polar surface area (TPSA) is 63.9 Å². The summed E-state index contributed by atoms with van der Waals surface area (Å²) < 4.78 is 5.57. The van der Waals surface area contributed by atoms with Crippen LogP contribution >= 0.6 is 0 Å². The maximum atomic E-state index is 5.99. The van der Waals surface area contributed by atoms with Gasteiger partial charge in [0, 0.05) is 11.1 Å². The van der Waals surface area contributed by atoms with E-state index in [0.29, 0.717) is 5.82 Å². The van der Waals surface area contributed by atoms with Crippen LogP contribution in [0.25, 0.3) is 11.1 Å². The highest BCUT2D eigenvalue weighted by Gasteiger charge is 2.22. The molecule has 0 radical (unpaired) electrons. The molecule has 0 aliphatic heterocycles. The Bertz CT molecular complexity index is 616. The Labute approximate surface area is 113 Å². The molecule has 4 heteroatoms. The summed E-state index contributed by atoms with van der Waals surface area (Å²) in [4.78, 5) is 0. The molecular weight excluding hydrogens is 238 g/mol. The van der Waals surface area contributed by atoms with Crippen molar-refractivity contribution in [3.05, 3.63) is 29.0 Å². The largest absolute Gasteiger partial charge is 0.496 e. The van der Waals surface area contributed by atoms with Crippen molar-refractivity contribution in [2.24, 2.45) is 0 Å². The summed E-state index contributed by atoms with van der Waals surface area (Å²) in [5, 5.41) is 6.85. The molecule has 2 aromatic rings. The third-order valence-corrected chi connectivity index (χ3v) is 4.00. The molecule has 1 aliphatic carbocycles. The fourth-order valence-electron chi connectivity index (χ4n) is 3.07. The molecule has 0 bridgehead atoms. The van der Waals surface area contributed by atoms with E-state index in [-0.39, 0.29) is 0 Å². The molecule has 0 unspecified atom stereocenters. The van der Waals surface area contributed by atoms with Crippen LogP contribution in [0.3, 0.4) is 0 Å². The number of methoxy groups -OCH3 is 1. The first-order valence-corrected chi connectivity index (χ1v) is 6.71. The highest BCUT2D eigenvalue weighted by molar-refractivity contribution is 5.82. The Kier molecular flexibility index (Phi) is 2.93. The van der Waals surface area contributed by atoms with Crippen molar-refractivity contribution in [1.82, 2.24) is 10.2 Å². The van der Waals surface area contributed by atoms with E-state index in [1.165, 1.54) is 29.5 Å². The summed E-state index contributed by atoms with van der Waals surface area (Å²) in [5.74, 6) is 1.50. The SMILES string of the molecule is COc1cc(C)c2c(c1-c1cn[nH]c1N)CCCC2. The Morgan fingerprint density at radius 1 is 1.26 bits per heavy atom. The van der Waals surface area contributed by atoms with Gasteiger partial charge in [-0.25, -0.2) is 0 Å². The number of fused-ring (bicyclic) bond motifs is 1. The summed E-state index contributed by atoms with van der Waals surface area (Å²) in [7, 11) is 1.71. The number of aromatic amines is 1. The second-order valence-electron chi connectivity index (χ2n) is 5.13. The van der Waals surface area contributed by atoms with Crippen LogP contribution in [0.1, 0.15) is 29.5 Å². The van der Waals surface area contributed by atoms with E-state index in [9.17, 15) is 0 Å². The third-order valence-electron chi connectivity index (χ3n) is 4.00. The maximum absolute atomic E-state index is 5.99.